The summed E-state index contributed by atoms with van der Waals surface area (Å²) < 4.78 is 0. The fourth-order valence-corrected chi connectivity index (χ4v) is 3.78. The summed E-state index contributed by atoms with van der Waals surface area (Å²) in [5.74, 6) is 2.99. The summed E-state index contributed by atoms with van der Waals surface area (Å²) >= 11 is 0. The van der Waals surface area contributed by atoms with Crippen molar-refractivity contribution in [2.24, 2.45) is 29.1 Å². The number of hydrogen-bond donors (Lipinski definition) is 0. The van der Waals surface area contributed by atoms with Crippen LogP contribution in [0.2, 0.25) is 0 Å². The Kier molecular flexibility index (Phi) is 2.45. The van der Waals surface area contributed by atoms with Gasteiger partial charge in [0.25, 0.3) is 0 Å². The fraction of sp³-hybridized carbons (Fsp3) is 0.923. The second kappa shape index (κ2) is 3.36. The fourth-order valence-electron chi connectivity index (χ4n) is 3.78. The minimum absolute atomic E-state index is 0.271. The molecule has 1 heteroatoms. The minimum Gasteiger partial charge on any atom is -0.303 e. The van der Waals surface area contributed by atoms with Crippen LogP contribution in [0.4, 0.5) is 0 Å². The number of carbonyl (C=O) groups excluding carboxylic acids is 1. The van der Waals surface area contributed by atoms with E-state index >= 15 is 0 Å². The normalized spacial score (nSPS) is 41.2. The molecule has 3 rings (SSSR count). The summed E-state index contributed by atoms with van der Waals surface area (Å²) in [4.78, 5) is 10.7. The monoisotopic (exact) mass is 194 g/mol. The highest BCUT2D eigenvalue weighted by atomic mass is 16.1. The van der Waals surface area contributed by atoms with Crippen LogP contribution in [0.5, 0.6) is 0 Å². The molecule has 0 radical (unpaired) electrons. The standard InChI is InChI=1S/C13H22O/c1-9(8-14)6-10-4-5-11-7-12(10)13(11,2)3/h8-12H,4-7H2,1-3H3/t9?,10-,11+,12+/m1/s1. The lowest BCUT2D eigenvalue weighted by Crippen LogP contribution is -2.52. The van der Waals surface area contributed by atoms with Gasteiger partial charge >= 0.3 is 0 Å². The Hall–Kier alpha value is -0.330. The minimum atomic E-state index is 0.271. The van der Waals surface area contributed by atoms with E-state index in [-0.39, 0.29) is 5.92 Å². The van der Waals surface area contributed by atoms with E-state index in [1.165, 1.54) is 19.3 Å². The maximum atomic E-state index is 10.7. The Bertz CT molecular complexity index is 229. The van der Waals surface area contributed by atoms with Gasteiger partial charge in [-0.15, -0.1) is 0 Å². The van der Waals surface area contributed by atoms with Crippen LogP contribution >= 0.6 is 0 Å². The SMILES string of the molecule is CC(C=O)C[C@H]1CC[C@H]2C[C@@H]1C2(C)C. The first-order valence-electron chi connectivity index (χ1n) is 6.01. The van der Waals surface area contributed by atoms with Gasteiger partial charge < -0.3 is 4.79 Å². The van der Waals surface area contributed by atoms with Gasteiger partial charge in [0.1, 0.15) is 6.29 Å². The molecule has 2 bridgehead atoms. The van der Waals surface area contributed by atoms with Gasteiger partial charge in [-0.3, -0.25) is 0 Å². The highest BCUT2D eigenvalue weighted by Gasteiger charge is 2.53. The van der Waals surface area contributed by atoms with E-state index in [1.807, 2.05) is 0 Å². The molecular weight excluding hydrogens is 172 g/mol. The van der Waals surface area contributed by atoms with Crippen LogP contribution in [-0.2, 0) is 4.79 Å². The molecule has 3 saturated carbocycles. The van der Waals surface area contributed by atoms with Gasteiger partial charge in [-0.2, -0.15) is 0 Å². The Balaban J connectivity index is 1.97. The number of fused-ring (bicyclic) bond motifs is 2. The first-order chi connectivity index (χ1) is 6.55. The summed E-state index contributed by atoms with van der Waals surface area (Å²) in [6, 6.07) is 0. The first-order valence-corrected chi connectivity index (χ1v) is 6.01. The highest BCUT2D eigenvalue weighted by Crippen LogP contribution is 2.62. The zero-order chi connectivity index (χ0) is 10.3. The molecule has 0 aromatic rings. The molecule has 3 aliphatic carbocycles. The molecule has 0 aromatic carbocycles. The molecule has 0 saturated heterocycles. The maximum Gasteiger partial charge on any atom is 0.122 e. The lowest BCUT2D eigenvalue weighted by molar-refractivity contribution is -0.119. The third-order valence-corrected chi connectivity index (χ3v) is 4.91. The molecule has 1 nitrogen and oxygen atoms in total. The van der Waals surface area contributed by atoms with E-state index in [9.17, 15) is 4.79 Å². The van der Waals surface area contributed by atoms with Crippen LogP contribution in [0.1, 0.15) is 46.5 Å². The van der Waals surface area contributed by atoms with Crippen LogP contribution < -0.4 is 0 Å². The molecule has 4 atom stereocenters. The quantitative estimate of drug-likeness (QED) is 0.630. The van der Waals surface area contributed by atoms with Gasteiger partial charge in [-0.05, 0) is 48.9 Å². The van der Waals surface area contributed by atoms with Crippen LogP contribution in [0, 0.1) is 29.1 Å². The van der Waals surface area contributed by atoms with Crippen molar-refractivity contribution in [2.45, 2.75) is 46.5 Å². The van der Waals surface area contributed by atoms with Crippen LogP contribution in [0.25, 0.3) is 0 Å². The molecule has 3 aliphatic rings. The predicted molar refractivity (Wildman–Crippen MR) is 57.9 cm³/mol. The van der Waals surface area contributed by atoms with Crippen LogP contribution in [-0.4, -0.2) is 6.29 Å². The molecule has 0 spiro atoms. The van der Waals surface area contributed by atoms with Crippen molar-refractivity contribution < 1.29 is 4.79 Å². The molecule has 0 aromatic heterocycles. The van der Waals surface area contributed by atoms with Crippen molar-refractivity contribution in [1.29, 1.82) is 0 Å². The van der Waals surface area contributed by atoms with Gasteiger partial charge in [-0.25, -0.2) is 0 Å². The number of carbonyl (C=O) groups is 1. The smallest absolute Gasteiger partial charge is 0.122 e. The maximum absolute atomic E-state index is 10.7. The first kappa shape index (κ1) is 10.2. The van der Waals surface area contributed by atoms with Crippen molar-refractivity contribution in [1.82, 2.24) is 0 Å². The van der Waals surface area contributed by atoms with Crippen molar-refractivity contribution in [2.75, 3.05) is 0 Å². The van der Waals surface area contributed by atoms with Gasteiger partial charge in [0.15, 0.2) is 0 Å². The molecule has 3 fully saturated rings. The average molecular weight is 194 g/mol. The van der Waals surface area contributed by atoms with E-state index in [1.54, 1.807) is 0 Å². The molecule has 0 aliphatic heterocycles. The van der Waals surface area contributed by atoms with E-state index in [2.05, 4.69) is 20.8 Å². The van der Waals surface area contributed by atoms with E-state index in [0.29, 0.717) is 5.41 Å². The molecular formula is C13H22O. The van der Waals surface area contributed by atoms with Gasteiger partial charge in [0, 0.05) is 5.92 Å². The molecule has 80 valence electrons. The van der Waals surface area contributed by atoms with Crippen molar-refractivity contribution in [3.05, 3.63) is 0 Å². The average Bonchev–Trinajstić information content (AvgIpc) is 2.17. The van der Waals surface area contributed by atoms with E-state index < -0.39 is 0 Å². The van der Waals surface area contributed by atoms with Crippen LogP contribution in [0.15, 0.2) is 0 Å². The zero-order valence-electron chi connectivity index (χ0n) is 9.62. The van der Waals surface area contributed by atoms with Crippen molar-refractivity contribution in [3.63, 3.8) is 0 Å². The summed E-state index contributed by atoms with van der Waals surface area (Å²) in [6.07, 6.45) is 6.46. The molecule has 0 N–H and O–H groups in total. The summed E-state index contributed by atoms with van der Waals surface area (Å²) in [5, 5.41) is 0. The Morgan fingerprint density at radius 3 is 2.64 bits per heavy atom. The molecule has 0 heterocycles. The number of aldehydes is 1. The predicted octanol–water partition coefficient (Wildman–Crippen LogP) is 3.28. The molecule has 14 heavy (non-hydrogen) atoms. The second-order valence-corrected chi connectivity index (χ2v) is 6.05. The van der Waals surface area contributed by atoms with Crippen molar-refractivity contribution in [3.8, 4) is 0 Å². The van der Waals surface area contributed by atoms with Crippen molar-refractivity contribution >= 4 is 6.29 Å². The van der Waals surface area contributed by atoms with E-state index in [0.717, 1.165) is 30.5 Å². The zero-order valence-corrected chi connectivity index (χ0v) is 9.62. The number of rotatable bonds is 3. The Morgan fingerprint density at radius 1 is 1.43 bits per heavy atom. The lowest BCUT2D eigenvalue weighted by atomic mass is 9.45. The largest absolute Gasteiger partial charge is 0.303 e. The summed E-state index contributed by atoms with van der Waals surface area (Å²) in [7, 11) is 0. The molecule has 0 amide bonds. The van der Waals surface area contributed by atoms with Gasteiger partial charge in [0.05, 0.1) is 0 Å². The third kappa shape index (κ3) is 1.41. The molecule has 1 unspecified atom stereocenters. The number of hydrogen-bond acceptors (Lipinski definition) is 1. The van der Waals surface area contributed by atoms with Gasteiger partial charge in [0.2, 0.25) is 0 Å². The summed E-state index contributed by atoms with van der Waals surface area (Å²) in [5.41, 5.74) is 0.575. The van der Waals surface area contributed by atoms with E-state index in [4.69, 9.17) is 0 Å². The highest BCUT2D eigenvalue weighted by molar-refractivity contribution is 5.52. The summed E-state index contributed by atoms with van der Waals surface area (Å²) in [6.45, 7) is 6.90. The second-order valence-electron chi connectivity index (χ2n) is 6.05. The third-order valence-electron chi connectivity index (χ3n) is 4.91. The Morgan fingerprint density at radius 2 is 2.14 bits per heavy atom. The lowest BCUT2D eigenvalue weighted by Gasteiger charge is -2.60. The van der Waals surface area contributed by atoms with Gasteiger partial charge in [-0.1, -0.05) is 20.8 Å². The Labute approximate surface area is 87.3 Å². The van der Waals surface area contributed by atoms with Crippen LogP contribution in [0.3, 0.4) is 0 Å². The topological polar surface area (TPSA) is 17.1 Å².